The van der Waals surface area contributed by atoms with Gasteiger partial charge < -0.3 is 9.88 Å². The SMILES string of the molecule is CC1(C)C(=O)Nc2ccccc2N1C(=O)CSc1nnc2n1CCCCC2. The van der Waals surface area contributed by atoms with Crippen LogP contribution in [-0.4, -0.2) is 37.9 Å². The third-order valence-electron chi connectivity index (χ3n) is 5.16. The first-order valence-electron chi connectivity index (χ1n) is 9.27. The maximum atomic E-state index is 13.1. The molecule has 8 heteroatoms. The van der Waals surface area contributed by atoms with Crippen molar-refractivity contribution in [2.45, 2.75) is 56.8 Å². The van der Waals surface area contributed by atoms with E-state index in [2.05, 4.69) is 20.1 Å². The monoisotopic (exact) mass is 385 g/mol. The van der Waals surface area contributed by atoms with Gasteiger partial charge in [-0.3, -0.25) is 14.5 Å². The number of nitrogens with zero attached hydrogens (tertiary/aromatic N) is 4. The maximum absolute atomic E-state index is 13.1. The summed E-state index contributed by atoms with van der Waals surface area (Å²) in [6, 6.07) is 7.40. The van der Waals surface area contributed by atoms with Crippen LogP contribution in [-0.2, 0) is 22.6 Å². The lowest BCUT2D eigenvalue weighted by Crippen LogP contribution is -2.59. The van der Waals surface area contributed by atoms with E-state index in [-0.39, 0.29) is 17.6 Å². The van der Waals surface area contributed by atoms with Gasteiger partial charge in [-0.05, 0) is 38.8 Å². The predicted octanol–water partition coefficient (Wildman–Crippen LogP) is 2.86. The highest BCUT2D eigenvalue weighted by Gasteiger charge is 2.43. The number of thioether (sulfide) groups is 1. The standard InChI is InChI=1S/C19H23N5O2S/c1-19(2)17(26)20-13-8-5-6-9-14(13)24(19)16(25)12-27-18-22-21-15-10-4-3-7-11-23(15)18/h5-6,8-9H,3-4,7,10-12H2,1-2H3,(H,20,26). The fourth-order valence-electron chi connectivity index (χ4n) is 3.65. The third kappa shape index (κ3) is 3.22. The summed E-state index contributed by atoms with van der Waals surface area (Å²) in [4.78, 5) is 27.2. The van der Waals surface area contributed by atoms with Crippen molar-refractivity contribution in [1.29, 1.82) is 0 Å². The molecule has 0 radical (unpaired) electrons. The zero-order valence-electron chi connectivity index (χ0n) is 15.6. The molecule has 0 unspecified atom stereocenters. The number of carbonyl (C=O) groups excluding carboxylic acids is 2. The van der Waals surface area contributed by atoms with Crippen LogP contribution in [0.2, 0.25) is 0 Å². The Balaban J connectivity index is 1.56. The first-order chi connectivity index (χ1) is 13.0. The molecule has 1 N–H and O–H groups in total. The number of hydrogen-bond donors (Lipinski definition) is 1. The summed E-state index contributed by atoms with van der Waals surface area (Å²) in [6.45, 7) is 4.44. The van der Waals surface area contributed by atoms with Gasteiger partial charge in [0.05, 0.1) is 17.1 Å². The Labute approximate surface area is 162 Å². The minimum absolute atomic E-state index is 0.113. The molecule has 7 nitrogen and oxygen atoms in total. The molecule has 1 aromatic heterocycles. The molecular weight excluding hydrogens is 362 g/mol. The number of fused-ring (bicyclic) bond motifs is 2. The topological polar surface area (TPSA) is 80.1 Å². The van der Waals surface area contributed by atoms with E-state index in [1.54, 1.807) is 18.7 Å². The van der Waals surface area contributed by atoms with Crippen molar-refractivity contribution in [3.05, 3.63) is 30.1 Å². The maximum Gasteiger partial charge on any atom is 0.250 e. The molecule has 2 amide bonds. The summed E-state index contributed by atoms with van der Waals surface area (Å²) in [5.74, 6) is 0.919. The molecule has 0 atom stereocenters. The molecule has 3 heterocycles. The number of anilines is 2. The van der Waals surface area contributed by atoms with Crippen molar-refractivity contribution in [3.8, 4) is 0 Å². The number of amides is 2. The number of nitrogens with one attached hydrogen (secondary N) is 1. The molecule has 2 aromatic rings. The number of aromatic nitrogens is 3. The van der Waals surface area contributed by atoms with Crippen molar-refractivity contribution in [3.63, 3.8) is 0 Å². The molecule has 0 saturated carbocycles. The van der Waals surface area contributed by atoms with E-state index in [9.17, 15) is 9.59 Å². The van der Waals surface area contributed by atoms with Crippen molar-refractivity contribution in [2.24, 2.45) is 0 Å². The molecule has 0 fully saturated rings. The van der Waals surface area contributed by atoms with Crippen LogP contribution < -0.4 is 10.2 Å². The Morgan fingerprint density at radius 3 is 2.89 bits per heavy atom. The van der Waals surface area contributed by atoms with E-state index in [1.165, 1.54) is 18.2 Å². The first kappa shape index (κ1) is 18.0. The lowest BCUT2D eigenvalue weighted by Gasteiger charge is -2.42. The quantitative estimate of drug-likeness (QED) is 0.822. The van der Waals surface area contributed by atoms with E-state index < -0.39 is 5.54 Å². The normalized spacial score (nSPS) is 18.3. The summed E-state index contributed by atoms with van der Waals surface area (Å²) in [6.07, 6.45) is 4.38. The molecule has 142 valence electrons. The lowest BCUT2D eigenvalue weighted by molar-refractivity contribution is -0.125. The number of para-hydroxylation sites is 2. The third-order valence-corrected chi connectivity index (χ3v) is 6.11. The molecule has 2 aliphatic heterocycles. The molecule has 4 rings (SSSR count). The average molecular weight is 385 g/mol. The van der Waals surface area contributed by atoms with Crippen LogP contribution in [0.5, 0.6) is 0 Å². The van der Waals surface area contributed by atoms with E-state index in [1.807, 2.05) is 24.3 Å². The minimum atomic E-state index is -0.951. The van der Waals surface area contributed by atoms with Gasteiger partial charge in [-0.2, -0.15) is 0 Å². The fourth-order valence-corrected chi connectivity index (χ4v) is 4.49. The van der Waals surface area contributed by atoms with Gasteiger partial charge in [0.2, 0.25) is 11.8 Å². The van der Waals surface area contributed by atoms with Crippen LogP contribution in [0.25, 0.3) is 0 Å². The van der Waals surface area contributed by atoms with Crippen LogP contribution in [0.15, 0.2) is 29.4 Å². The second kappa shape index (κ2) is 6.99. The summed E-state index contributed by atoms with van der Waals surface area (Å²) in [5.41, 5.74) is 0.442. The van der Waals surface area contributed by atoms with Crippen LogP contribution in [0.1, 0.15) is 38.9 Å². The van der Waals surface area contributed by atoms with E-state index >= 15 is 0 Å². The van der Waals surface area contributed by atoms with Gasteiger partial charge >= 0.3 is 0 Å². The number of rotatable bonds is 3. The minimum Gasteiger partial charge on any atom is -0.322 e. The zero-order chi connectivity index (χ0) is 19.0. The first-order valence-corrected chi connectivity index (χ1v) is 10.3. The van der Waals surface area contributed by atoms with Crippen molar-refractivity contribution in [1.82, 2.24) is 14.8 Å². The Bertz CT molecular complexity index is 892. The summed E-state index contributed by atoms with van der Waals surface area (Å²) in [5, 5.41) is 12.2. The highest BCUT2D eigenvalue weighted by molar-refractivity contribution is 7.99. The summed E-state index contributed by atoms with van der Waals surface area (Å²) >= 11 is 1.40. The van der Waals surface area contributed by atoms with Gasteiger partial charge in [0.1, 0.15) is 11.4 Å². The van der Waals surface area contributed by atoms with Gasteiger partial charge in [0.25, 0.3) is 0 Å². The Kier molecular flexibility index (Phi) is 4.67. The average Bonchev–Trinajstić information content (AvgIpc) is 2.87. The van der Waals surface area contributed by atoms with Gasteiger partial charge in [-0.25, -0.2) is 0 Å². The molecule has 0 saturated heterocycles. The Hall–Kier alpha value is -2.35. The van der Waals surface area contributed by atoms with E-state index in [0.29, 0.717) is 5.69 Å². The van der Waals surface area contributed by atoms with Crippen molar-refractivity contribution >= 4 is 35.0 Å². The van der Waals surface area contributed by atoms with Gasteiger partial charge in [-0.1, -0.05) is 30.3 Å². The highest BCUT2D eigenvalue weighted by atomic mass is 32.2. The Morgan fingerprint density at radius 2 is 2.04 bits per heavy atom. The fraction of sp³-hybridized carbons (Fsp3) is 0.474. The summed E-state index contributed by atoms with van der Waals surface area (Å²) < 4.78 is 2.13. The van der Waals surface area contributed by atoms with Gasteiger partial charge in [0, 0.05) is 13.0 Å². The second-order valence-electron chi connectivity index (χ2n) is 7.41. The second-order valence-corrected chi connectivity index (χ2v) is 8.35. The smallest absolute Gasteiger partial charge is 0.250 e. The van der Waals surface area contributed by atoms with Crippen LogP contribution >= 0.6 is 11.8 Å². The zero-order valence-corrected chi connectivity index (χ0v) is 16.4. The Morgan fingerprint density at radius 1 is 1.22 bits per heavy atom. The van der Waals surface area contributed by atoms with Crippen LogP contribution in [0.4, 0.5) is 11.4 Å². The van der Waals surface area contributed by atoms with Gasteiger partial charge in [-0.15, -0.1) is 10.2 Å². The largest absolute Gasteiger partial charge is 0.322 e. The molecule has 27 heavy (non-hydrogen) atoms. The number of aryl methyl sites for hydroxylation is 1. The lowest BCUT2D eigenvalue weighted by atomic mass is 9.96. The van der Waals surface area contributed by atoms with E-state index in [0.717, 1.165) is 42.5 Å². The van der Waals surface area contributed by atoms with E-state index in [4.69, 9.17) is 0 Å². The van der Waals surface area contributed by atoms with Crippen molar-refractivity contribution < 1.29 is 9.59 Å². The van der Waals surface area contributed by atoms with Crippen LogP contribution in [0, 0.1) is 0 Å². The molecule has 2 aliphatic rings. The predicted molar refractivity (Wildman–Crippen MR) is 105 cm³/mol. The summed E-state index contributed by atoms with van der Waals surface area (Å²) in [7, 11) is 0. The molecule has 0 aliphatic carbocycles. The number of carbonyl (C=O) groups is 2. The number of benzene rings is 1. The highest BCUT2D eigenvalue weighted by Crippen LogP contribution is 2.37. The number of hydrogen-bond acceptors (Lipinski definition) is 5. The van der Waals surface area contributed by atoms with Gasteiger partial charge in [0.15, 0.2) is 5.16 Å². The van der Waals surface area contributed by atoms with Crippen molar-refractivity contribution in [2.75, 3.05) is 16.0 Å². The molecular formula is C19H23N5O2S. The molecule has 0 bridgehead atoms. The molecule has 1 aromatic carbocycles. The molecule has 0 spiro atoms. The van der Waals surface area contributed by atoms with Crippen LogP contribution in [0.3, 0.4) is 0 Å².